The minimum absolute atomic E-state index is 0.0463. The van der Waals surface area contributed by atoms with Gasteiger partial charge in [-0.15, -0.1) is 0 Å². The van der Waals surface area contributed by atoms with E-state index in [0.29, 0.717) is 13.0 Å². The minimum atomic E-state index is -0.560. The van der Waals surface area contributed by atoms with Gasteiger partial charge in [-0.05, 0) is 13.3 Å². The summed E-state index contributed by atoms with van der Waals surface area (Å²) in [6, 6.07) is 0. The van der Waals surface area contributed by atoms with E-state index in [1.165, 1.54) is 6.92 Å². The average molecular weight is 162 g/mol. The standard InChI is InChI=1S/C4H6O2.C3H8O2/c5-4-2-1-3-6-4;1-3(5)2-4/h1-3H2;3-5H,2H2,1H3. The second-order valence-corrected chi connectivity index (χ2v) is 2.36. The molecule has 1 atom stereocenters. The predicted molar refractivity (Wildman–Crippen MR) is 39.0 cm³/mol. The molecule has 1 heterocycles. The van der Waals surface area contributed by atoms with Gasteiger partial charge < -0.3 is 14.9 Å². The lowest BCUT2D eigenvalue weighted by atomic mass is 10.4. The van der Waals surface area contributed by atoms with Crippen molar-refractivity contribution in [2.45, 2.75) is 25.9 Å². The molecule has 0 aliphatic carbocycles. The second kappa shape index (κ2) is 6.12. The molecule has 0 spiro atoms. The fourth-order valence-corrected chi connectivity index (χ4v) is 0.475. The van der Waals surface area contributed by atoms with Gasteiger partial charge in [0.1, 0.15) is 0 Å². The summed E-state index contributed by atoms with van der Waals surface area (Å²) in [4.78, 5) is 10.0. The summed E-state index contributed by atoms with van der Waals surface area (Å²) < 4.78 is 4.51. The Hall–Kier alpha value is -0.610. The number of rotatable bonds is 1. The molecule has 4 nitrogen and oxygen atoms in total. The third-order valence-electron chi connectivity index (χ3n) is 1.05. The van der Waals surface area contributed by atoms with Gasteiger partial charge in [0.15, 0.2) is 0 Å². The molecule has 0 amide bonds. The summed E-state index contributed by atoms with van der Waals surface area (Å²) in [7, 11) is 0. The highest BCUT2D eigenvalue weighted by Crippen LogP contribution is 2.01. The van der Waals surface area contributed by atoms with Gasteiger partial charge in [-0.1, -0.05) is 0 Å². The zero-order chi connectivity index (χ0) is 8.69. The Kier molecular flexibility index (Phi) is 5.78. The molecule has 4 heteroatoms. The molecule has 1 unspecified atom stereocenters. The molecule has 0 aromatic rings. The molecule has 0 aromatic heterocycles. The summed E-state index contributed by atoms with van der Waals surface area (Å²) in [5, 5.41) is 16.0. The van der Waals surface area contributed by atoms with Crippen LogP contribution in [0, 0.1) is 0 Å². The second-order valence-electron chi connectivity index (χ2n) is 2.36. The quantitative estimate of drug-likeness (QED) is 0.519. The highest BCUT2D eigenvalue weighted by molar-refractivity contribution is 5.70. The number of ether oxygens (including phenoxy) is 1. The van der Waals surface area contributed by atoms with E-state index in [1.54, 1.807) is 0 Å². The van der Waals surface area contributed by atoms with Gasteiger partial charge in [-0.25, -0.2) is 0 Å². The Labute approximate surface area is 65.8 Å². The number of hydrogen-bond acceptors (Lipinski definition) is 4. The zero-order valence-electron chi connectivity index (χ0n) is 6.62. The van der Waals surface area contributed by atoms with Crippen LogP contribution in [0.25, 0.3) is 0 Å². The van der Waals surface area contributed by atoms with Gasteiger partial charge in [0.2, 0.25) is 0 Å². The molecular weight excluding hydrogens is 148 g/mol. The van der Waals surface area contributed by atoms with Crippen LogP contribution in [0.5, 0.6) is 0 Å². The first kappa shape index (κ1) is 10.4. The van der Waals surface area contributed by atoms with Gasteiger partial charge in [0.25, 0.3) is 0 Å². The van der Waals surface area contributed by atoms with Crippen LogP contribution >= 0.6 is 0 Å². The number of carbonyl (C=O) groups is 1. The van der Waals surface area contributed by atoms with E-state index in [1.807, 2.05) is 0 Å². The van der Waals surface area contributed by atoms with E-state index in [-0.39, 0.29) is 12.6 Å². The van der Waals surface area contributed by atoms with Crippen molar-refractivity contribution in [2.24, 2.45) is 0 Å². The molecule has 0 saturated carbocycles. The normalized spacial score (nSPS) is 18.3. The summed E-state index contributed by atoms with van der Waals surface area (Å²) in [5.41, 5.74) is 0. The number of hydrogen-bond donors (Lipinski definition) is 2. The minimum Gasteiger partial charge on any atom is -0.466 e. The van der Waals surface area contributed by atoms with Crippen molar-refractivity contribution in [2.75, 3.05) is 13.2 Å². The zero-order valence-corrected chi connectivity index (χ0v) is 6.62. The molecule has 1 rings (SSSR count). The van der Waals surface area contributed by atoms with Crippen molar-refractivity contribution in [3.63, 3.8) is 0 Å². The maximum atomic E-state index is 10.0. The highest BCUT2D eigenvalue weighted by Gasteiger charge is 2.08. The smallest absolute Gasteiger partial charge is 0.305 e. The number of aliphatic hydroxyl groups is 2. The average Bonchev–Trinajstić information content (AvgIpc) is 2.41. The Balaban J connectivity index is 0.000000187. The van der Waals surface area contributed by atoms with Crippen LogP contribution in [0.4, 0.5) is 0 Å². The fourth-order valence-electron chi connectivity index (χ4n) is 0.475. The molecule has 0 radical (unpaired) electrons. The fraction of sp³-hybridized carbons (Fsp3) is 0.857. The van der Waals surface area contributed by atoms with E-state index in [0.717, 1.165) is 6.42 Å². The van der Waals surface area contributed by atoms with Crippen LogP contribution in [0.2, 0.25) is 0 Å². The van der Waals surface area contributed by atoms with Crippen molar-refractivity contribution in [3.05, 3.63) is 0 Å². The van der Waals surface area contributed by atoms with Gasteiger partial charge in [0, 0.05) is 6.42 Å². The van der Waals surface area contributed by atoms with Gasteiger partial charge in [0.05, 0.1) is 19.3 Å². The van der Waals surface area contributed by atoms with Crippen molar-refractivity contribution in [1.82, 2.24) is 0 Å². The predicted octanol–water partition coefficient (Wildman–Crippen LogP) is -0.317. The number of aliphatic hydroxyl groups excluding tert-OH is 2. The van der Waals surface area contributed by atoms with E-state index < -0.39 is 6.10 Å². The number of cyclic esters (lactones) is 1. The molecule has 0 aromatic carbocycles. The third-order valence-corrected chi connectivity index (χ3v) is 1.05. The van der Waals surface area contributed by atoms with Crippen LogP contribution < -0.4 is 0 Å². The van der Waals surface area contributed by atoms with E-state index in [2.05, 4.69) is 4.74 Å². The summed E-state index contributed by atoms with van der Waals surface area (Å²) in [6.07, 6.45) is 0.980. The topological polar surface area (TPSA) is 66.8 Å². The molecule has 1 aliphatic heterocycles. The molecule has 1 saturated heterocycles. The lowest BCUT2D eigenvalue weighted by molar-refractivity contribution is -0.137. The highest BCUT2D eigenvalue weighted by atomic mass is 16.5. The lowest BCUT2D eigenvalue weighted by Gasteiger charge is -1.90. The first-order valence-electron chi connectivity index (χ1n) is 3.61. The molecule has 66 valence electrons. The largest absolute Gasteiger partial charge is 0.466 e. The van der Waals surface area contributed by atoms with Crippen LogP contribution in [-0.4, -0.2) is 35.5 Å². The Morgan fingerprint density at radius 2 is 2.27 bits per heavy atom. The maximum absolute atomic E-state index is 10.0. The maximum Gasteiger partial charge on any atom is 0.305 e. The monoisotopic (exact) mass is 162 g/mol. The van der Waals surface area contributed by atoms with E-state index in [9.17, 15) is 4.79 Å². The molecule has 11 heavy (non-hydrogen) atoms. The van der Waals surface area contributed by atoms with Gasteiger partial charge in [-0.2, -0.15) is 0 Å². The van der Waals surface area contributed by atoms with E-state index in [4.69, 9.17) is 10.2 Å². The van der Waals surface area contributed by atoms with Crippen molar-refractivity contribution in [1.29, 1.82) is 0 Å². The molecule has 1 aliphatic rings. The first-order chi connectivity index (χ1) is 5.16. The molecule has 1 fully saturated rings. The van der Waals surface area contributed by atoms with Crippen LogP contribution in [-0.2, 0) is 9.53 Å². The SMILES string of the molecule is CC(O)CO.O=C1CCCO1. The van der Waals surface area contributed by atoms with Crippen LogP contribution in [0.3, 0.4) is 0 Å². The van der Waals surface area contributed by atoms with Crippen molar-refractivity contribution < 1.29 is 19.7 Å². The van der Waals surface area contributed by atoms with Gasteiger partial charge >= 0.3 is 5.97 Å². The van der Waals surface area contributed by atoms with E-state index >= 15 is 0 Å². The summed E-state index contributed by atoms with van der Waals surface area (Å²) in [6.45, 7) is 2.03. The Morgan fingerprint density at radius 1 is 1.73 bits per heavy atom. The summed E-state index contributed by atoms with van der Waals surface area (Å²) >= 11 is 0. The third kappa shape index (κ3) is 7.29. The van der Waals surface area contributed by atoms with Crippen LogP contribution in [0.1, 0.15) is 19.8 Å². The lowest BCUT2D eigenvalue weighted by Crippen LogP contribution is -2.03. The Morgan fingerprint density at radius 3 is 2.36 bits per heavy atom. The molecule has 0 bridgehead atoms. The molecular formula is C7H14O4. The van der Waals surface area contributed by atoms with Crippen molar-refractivity contribution >= 4 is 5.97 Å². The summed E-state index contributed by atoms with van der Waals surface area (Å²) in [5.74, 6) is -0.0463. The molecule has 2 N–H and O–H groups in total. The van der Waals surface area contributed by atoms with Gasteiger partial charge in [-0.3, -0.25) is 4.79 Å². The number of carbonyl (C=O) groups excluding carboxylic acids is 1. The van der Waals surface area contributed by atoms with Crippen LogP contribution in [0.15, 0.2) is 0 Å². The first-order valence-corrected chi connectivity index (χ1v) is 3.61. The Bertz CT molecular complexity index is 103. The van der Waals surface area contributed by atoms with Crippen molar-refractivity contribution in [3.8, 4) is 0 Å². The number of esters is 1.